The van der Waals surface area contributed by atoms with Gasteiger partial charge in [0.05, 0.1) is 18.3 Å². The molecule has 0 aliphatic rings. The molecule has 0 saturated carbocycles. The lowest BCUT2D eigenvalue weighted by atomic mass is 9.91. The lowest BCUT2D eigenvalue weighted by Gasteiger charge is -2.27. The van der Waals surface area contributed by atoms with E-state index in [0.29, 0.717) is 6.54 Å². The summed E-state index contributed by atoms with van der Waals surface area (Å²) in [6, 6.07) is 14.2. The van der Waals surface area contributed by atoms with Gasteiger partial charge in [-0.25, -0.2) is 0 Å². The number of nitrogens with one attached hydrogen (secondary N) is 1. The Labute approximate surface area is 113 Å². The molecule has 0 radical (unpaired) electrons. The van der Waals surface area contributed by atoms with Crippen molar-refractivity contribution in [3.8, 4) is 6.07 Å². The van der Waals surface area contributed by atoms with Crippen molar-refractivity contribution < 1.29 is 0 Å². The van der Waals surface area contributed by atoms with Crippen LogP contribution in [0.15, 0.2) is 36.4 Å². The number of aryl methyl sites for hydroxylation is 2. The second kappa shape index (κ2) is 5.25. The Kier molecular flexibility index (Phi) is 3.68. The lowest BCUT2D eigenvalue weighted by Crippen LogP contribution is -2.43. The van der Waals surface area contributed by atoms with Crippen LogP contribution in [0.5, 0.6) is 0 Å². The van der Waals surface area contributed by atoms with Gasteiger partial charge >= 0.3 is 0 Å². The van der Waals surface area contributed by atoms with E-state index in [4.69, 9.17) is 0 Å². The lowest BCUT2D eigenvalue weighted by molar-refractivity contribution is 0.371. The largest absolute Gasteiger partial charge is 0.297 e. The summed E-state index contributed by atoms with van der Waals surface area (Å²) in [6.45, 7) is 4.45. The topological polar surface area (TPSA) is 53.6 Å². The molecule has 1 aromatic heterocycles. The van der Waals surface area contributed by atoms with Gasteiger partial charge in [0.15, 0.2) is 5.54 Å². The molecule has 0 saturated heterocycles. The smallest absolute Gasteiger partial charge is 0.151 e. The third-order valence-electron chi connectivity index (χ3n) is 3.37. The van der Waals surface area contributed by atoms with Gasteiger partial charge in [0.2, 0.25) is 0 Å². The molecule has 2 rings (SSSR count). The van der Waals surface area contributed by atoms with Crippen molar-refractivity contribution in [2.75, 3.05) is 7.05 Å². The molecule has 1 aromatic carbocycles. The fourth-order valence-electron chi connectivity index (χ4n) is 2.25. The average molecular weight is 254 g/mol. The Morgan fingerprint density at radius 3 is 2.47 bits per heavy atom. The second-order valence-corrected chi connectivity index (χ2v) is 4.72. The number of rotatable bonds is 4. The predicted octanol–water partition coefficient (Wildman–Crippen LogP) is 2.14. The Bertz CT molecular complexity index is 594. The van der Waals surface area contributed by atoms with Crippen molar-refractivity contribution in [2.24, 2.45) is 0 Å². The maximum absolute atomic E-state index is 9.64. The molecule has 0 bridgehead atoms. The van der Waals surface area contributed by atoms with Gasteiger partial charge in [-0.05, 0) is 32.5 Å². The molecule has 0 amide bonds. The molecule has 1 heterocycles. The minimum Gasteiger partial charge on any atom is -0.297 e. The molecule has 0 spiro atoms. The molecule has 4 nitrogen and oxygen atoms in total. The van der Waals surface area contributed by atoms with Gasteiger partial charge in [-0.2, -0.15) is 10.4 Å². The van der Waals surface area contributed by atoms with E-state index in [1.165, 1.54) is 0 Å². The van der Waals surface area contributed by atoms with Crippen LogP contribution in [0.2, 0.25) is 0 Å². The molecule has 0 aliphatic heterocycles. The summed E-state index contributed by atoms with van der Waals surface area (Å²) in [6.07, 6.45) is 0. The number of nitrogens with zero attached hydrogens (tertiary/aromatic N) is 3. The molecule has 2 aromatic rings. The van der Waals surface area contributed by atoms with Crippen LogP contribution in [-0.2, 0) is 12.1 Å². The van der Waals surface area contributed by atoms with Gasteiger partial charge in [0.25, 0.3) is 0 Å². The van der Waals surface area contributed by atoms with Crippen molar-refractivity contribution in [1.82, 2.24) is 15.1 Å². The van der Waals surface area contributed by atoms with E-state index in [1.54, 1.807) is 0 Å². The highest BCUT2D eigenvalue weighted by atomic mass is 15.3. The number of likely N-dealkylation sites (N-methyl/N-ethyl adjacent to an activating group) is 1. The molecular weight excluding hydrogens is 236 g/mol. The number of nitriles is 1. The number of aromatic nitrogens is 2. The standard InChI is InChI=1S/C15H18N4/c1-12-9-13(2)19(18-12)11-15(10-16,17-3)14-7-5-4-6-8-14/h4-9,17H,11H2,1-3H3. The third-order valence-corrected chi connectivity index (χ3v) is 3.37. The van der Waals surface area contributed by atoms with Crippen LogP contribution in [0.1, 0.15) is 17.0 Å². The summed E-state index contributed by atoms with van der Waals surface area (Å²) in [5.74, 6) is 0. The van der Waals surface area contributed by atoms with E-state index in [1.807, 2.05) is 62.0 Å². The van der Waals surface area contributed by atoms with Crippen LogP contribution >= 0.6 is 0 Å². The number of hydrogen-bond acceptors (Lipinski definition) is 3. The van der Waals surface area contributed by atoms with Crippen LogP contribution in [-0.4, -0.2) is 16.8 Å². The summed E-state index contributed by atoms with van der Waals surface area (Å²) in [4.78, 5) is 0. The highest BCUT2D eigenvalue weighted by molar-refractivity contribution is 5.31. The normalized spacial score (nSPS) is 13.8. The zero-order valence-electron chi connectivity index (χ0n) is 11.5. The fraction of sp³-hybridized carbons (Fsp3) is 0.333. The minimum absolute atomic E-state index is 0.490. The first-order valence-corrected chi connectivity index (χ1v) is 6.28. The van der Waals surface area contributed by atoms with Crippen molar-refractivity contribution in [3.63, 3.8) is 0 Å². The Morgan fingerprint density at radius 2 is 2.00 bits per heavy atom. The molecule has 19 heavy (non-hydrogen) atoms. The van der Waals surface area contributed by atoms with Crippen LogP contribution in [0.25, 0.3) is 0 Å². The molecule has 1 atom stereocenters. The predicted molar refractivity (Wildman–Crippen MR) is 74.5 cm³/mol. The molecule has 4 heteroatoms. The van der Waals surface area contributed by atoms with Gasteiger partial charge in [0, 0.05) is 5.69 Å². The zero-order valence-corrected chi connectivity index (χ0v) is 11.5. The Hall–Kier alpha value is -2.12. The fourth-order valence-corrected chi connectivity index (χ4v) is 2.25. The van der Waals surface area contributed by atoms with Crippen molar-refractivity contribution in [1.29, 1.82) is 5.26 Å². The van der Waals surface area contributed by atoms with Crippen molar-refractivity contribution >= 4 is 0 Å². The first-order valence-electron chi connectivity index (χ1n) is 6.28. The Balaban J connectivity index is 2.42. The molecule has 1 N–H and O–H groups in total. The van der Waals surface area contributed by atoms with Crippen molar-refractivity contribution in [2.45, 2.75) is 25.9 Å². The summed E-state index contributed by atoms with van der Waals surface area (Å²) >= 11 is 0. The molecule has 98 valence electrons. The molecular formula is C15H18N4. The van der Waals surface area contributed by atoms with Gasteiger partial charge in [-0.3, -0.25) is 10.00 Å². The highest BCUT2D eigenvalue weighted by Gasteiger charge is 2.31. The Morgan fingerprint density at radius 1 is 1.32 bits per heavy atom. The maximum Gasteiger partial charge on any atom is 0.151 e. The number of benzene rings is 1. The quantitative estimate of drug-likeness (QED) is 0.909. The monoisotopic (exact) mass is 254 g/mol. The van der Waals surface area contributed by atoms with Crippen molar-refractivity contribution in [3.05, 3.63) is 53.3 Å². The summed E-state index contributed by atoms with van der Waals surface area (Å²) < 4.78 is 1.88. The number of hydrogen-bond donors (Lipinski definition) is 1. The zero-order chi connectivity index (χ0) is 13.9. The summed E-state index contributed by atoms with van der Waals surface area (Å²) in [5, 5.41) is 17.2. The summed E-state index contributed by atoms with van der Waals surface area (Å²) in [7, 11) is 1.81. The van der Waals surface area contributed by atoms with E-state index >= 15 is 0 Å². The van der Waals surface area contributed by atoms with Gasteiger partial charge in [0.1, 0.15) is 0 Å². The average Bonchev–Trinajstić information content (AvgIpc) is 2.75. The molecule has 1 unspecified atom stereocenters. The van der Waals surface area contributed by atoms with E-state index < -0.39 is 5.54 Å². The van der Waals surface area contributed by atoms with E-state index in [-0.39, 0.29) is 0 Å². The van der Waals surface area contributed by atoms with Crippen LogP contribution in [0, 0.1) is 25.2 Å². The third kappa shape index (κ3) is 2.51. The van der Waals surface area contributed by atoms with E-state index in [2.05, 4.69) is 16.5 Å². The van der Waals surface area contributed by atoms with Crippen LogP contribution in [0.3, 0.4) is 0 Å². The first-order chi connectivity index (χ1) is 9.11. The van der Waals surface area contributed by atoms with Gasteiger partial charge in [-0.1, -0.05) is 30.3 Å². The van der Waals surface area contributed by atoms with E-state index in [0.717, 1.165) is 17.0 Å². The maximum atomic E-state index is 9.64. The van der Waals surface area contributed by atoms with Crippen LogP contribution in [0.4, 0.5) is 0 Å². The minimum atomic E-state index is -0.759. The SMILES string of the molecule is CNC(C#N)(Cn1nc(C)cc1C)c1ccccc1. The highest BCUT2D eigenvalue weighted by Crippen LogP contribution is 2.23. The molecule has 0 fully saturated rings. The van der Waals surface area contributed by atoms with Gasteiger partial charge in [-0.15, -0.1) is 0 Å². The van der Waals surface area contributed by atoms with Gasteiger partial charge < -0.3 is 0 Å². The first kappa shape index (κ1) is 13.3. The second-order valence-electron chi connectivity index (χ2n) is 4.72. The van der Waals surface area contributed by atoms with Crippen LogP contribution < -0.4 is 5.32 Å². The summed E-state index contributed by atoms with van der Waals surface area (Å²) in [5.41, 5.74) is 2.22. The molecule has 0 aliphatic carbocycles. The van der Waals surface area contributed by atoms with E-state index in [9.17, 15) is 5.26 Å².